The Morgan fingerprint density at radius 2 is 1.90 bits per heavy atom. The summed E-state index contributed by atoms with van der Waals surface area (Å²) in [5.41, 5.74) is 4.28. The molecule has 0 unspecified atom stereocenters. The van der Waals surface area contributed by atoms with Crippen LogP contribution in [-0.2, 0) is 4.79 Å². The molecule has 6 nitrogen and oxygen atoms in total. The molecule has 2 aliphatic heterocycles. The van der Waals surface area contributed by atoms with Crippen LogP contribution in [0, 0.1) is 19.3 Å². The third-order valence-corrected chi connectivity index (χ3v) is 7.27. The molecule has 1 aromatic heterocycles. The molecule has 5 rings (SSSR count). The summed E-state index contributed by atoms with van der Waals surface area (Å²) >= 11 is 2.79. The monoisotopic (exact) mass is 445 g/mol. The van der Waals surface area contributed by atoms with E-state index < -0.39 is 5.91 Å². The maximum Gasteiger partial charge on any atom is 0.283 e. The van der Waals surface area contributed by atoms with Crippen molar-refractivity contribution in [3.8, 4) is 5.69 Å². The third kappa shape index (κ3) is 3.23. The van der Waals surface area contributed by atoms with Crippen molar-refractivity contribution in [1.29, 1.82) is 5.41 Å². The molecular formula is C23H19N5OS2. The molecule has 0 radical (unpaired) electrons. The maximum atomic E-state index is 12.7. The van der Waals surface area contributed by atoms with Crippen LogP contribution in [0.4, 0.5) is 0 Å². The predicted octanol–water partition coefficient (Wildman–Crippen LogP) is 5.19. The summed E-state index contributed by atoms with van der Waals surface area (Å²) in [6, 6.07) is 16.6. The van der Waals surface area contributed by atoms with E-state index in [1.165, 1.54) is 33.9 Å². The van der Waals surface area contributed by atoms with Gasteiger partial charge >= 0.3 is 0 Å². The van der Waals surface area contributed by atoms with Crippen molar-refractivity contribution in [3.05, 3.63) is 71.1 Å². The van der Waals surface area contributed by atoms with Gasteiger partial charge in [0.15, 0.2) is 10.2 Å². The number of hydrogen-bond donors (Lipinski definition) is 1. The summed E-state index contributed by atoms with van der Waals surface area (Å²) in [5.74, 6) is -0.349. The van der Waals surface area contributed by atoms with Gasteiger partial charge in [-0.15, -0.1) is 16.9 Å². The number of nitrogens with zero attached hydrogens (tertiary/aromatic N) is 4. The lowest BCUT2D eigenvalue weighted by Gasteiger charge is -2.20. The molecule has 31 heavy (non-hydrogen) atoms. The van der Waals surface area contributed by atoms with E-state index in [1.54, 1.807) is 6.08 Å². The highest BCUT2D eigenvalue weighted by molar-refractivity contribution is 8.45. The number of aryl methyl sites for hydroxylation is 1. The molecule has 0 saturated heterocycles. The average molecular weight is 446 g/mol. The fourth-order valence-corrected chi connectivity index (χ4v) is 5.27. The molecule has 3 aromatic rings. The van der Waals surface area contributed by atoms with Gasteiger partial charge < -0.3 is 4.57 Å². The highest BCUT2D eigenvalue weighted by Gasteiger charge is 2.35. The van der Waals surface area contributed by atoms with Gasteiger partial charge in [-0.3, -0.25) is 10.2 Å². The fourth-order valence-electron chi connectivity index (χ4n) is 3.92. The van der Waals surface area contributed by atoms with E-state index in [2.05, 4.69) is 45.0 Å². The molecule has 0 atom stereocenters. The number of rotatable bonds is 2. The van der Waals surface area contributed by atoms with E-state index in [1.807, 2.05) is 38.3 Å². The SMILES string of the molecule is CSC1=NN2C(=N)C(=Cc3cc(C)n(-c4cccc5ccccc45)c3C)C(=O)N=C2S1. The van der Waals surface area contributed by atoms with Crippen LogP contribution in [0.2, 0.25) is 0 Å². The van der Waals surface area contributed by atoms with Crippen molar-refractivity contribution in [1.82, 2.24) is 9.58 Å². The molecule has 0 saturated carbocycles. The van der Waals surface area contributed by atoms with Crippen molar-refractivity contribution < 1.29 is 4.79 Å². The highest BCUT2D eigenvalue weighted by Crippen LogP contribution is 2.33. The first-order valence-electron chi connectivity index (χ1n) is 9.69. The number of hydrazone groups is 1. The van der Waals surface area contributed by atoms with Crippen molar-refractivity contribution in [2.75, 3.05) is 6.26 Å². The van der Waals surface area contributed by atoms with Crippen molar-refractivity contribution >= 4 is 61.7 Å². The van der Waals surface area contributed by atoms with Gasteiger partial charge in [-0.25, -0.2) is 0 Å². The summed E-state index contributed by atoms with van der Waals surface area (Å²) in [7, 11) is 0. The van der Waals surface area contributed by atoms with Crippen LogP contribution in [-0.4, -0.2) is 37.1 Å². The summed E-state index contributed by atoms with van der Waals surface area (Å²) in [6.45, 7) is 4.08. The molecule has 0 aliphatic carbocycles. The van der Waals surface area contributed by atoms with Crippen LogP contribution in [0.3, 0.4) is 0 Å². The second kappa shape index (κ2) is 7.55. The van der Waals surface area contributed by atoms with E-state index in [4.69, 9.17) is 5.41 Å². The van der Waals surface area contributed by atoms with Gasteiger partial charge in [0.2, 0.25) is 5.17 Å². The highest BCUT2D eigenvalue weighted by atomic mass is 32.2. The molecule has 1 amide bonds. The quantitative estimate of drug-likeness (QED) is 0.551. The molecule has 0 fully saturated rings. The molecule has 8 heteroatoms. The molecule has 154 valence electrons. The lowest BCUT2D eigenvalue weighted by Crippen LogP contribution is -2.35. The largest absolute Gasteiger partial charge is 0.317 e. The Labute approximate surface area is 188 Å². The first-order valence-corrected chi connectivity index (χ1v) is 11.7. The summed E-state index contributed by atoms with van der Waals surface area (Å²) < 4.78 is 2.96. The number of thioether (sulfide) groups is 2. The Kier molecular flexibility index (Phi) is 4.83. The van der Waals surface area contributed by atoms with E-state index in [9.17, 15) is 4.79 Å². The number of amides is 1. The van der Waals surface area contributed by atoms with Crippen LogP contribution in [0.1, 0.15) is 17.0 Å². The maximum absolute atomic E-state index is 12.7. The van der Waals surface area contributed by atoms with Crippen LogP contribution in [0.15, 0.2) is 64.2 Å². The fraction of sp³-hybridized carbons (Fsp3) is 0.130. The number of fused-ring (bicyclic) bond motifs is 2. The Morgan fingerprint density at radius 3 is 2.71 bits per heavy atom. The van der Waals surface area contributed by atoms with Crippen LogP contribution in [0.5, 0.6) is 0 Å². The summed E-state index contributed by atoms with van der Waals surface area (Å²) in [5, 5.41) is 17.1. The molecule has 3 heterocycles. The van der Waals surface area contributed by atoms with E-state index in [-0.39, 0.29) is 11.4 Å². The predicted molar refractivity (Wildman–Crippen MR) is 131 cm³/mol. The van der Waals surface area contributed by atoms with E-state index in [0.717, 1.165) is 32.4 Å². The number of aliphatic imine (C=N–C) groups is 1. The first-order chi connectivity index (χ1) is 15.0. The number of aromatic nitrogens is 1. The molecule has 1 N–H and O–H groups in total. The minimum absolute atomic E-state index is 0.0570. The van der Waals surface area contributed by atoms with Crippen molar-refractivity contribution in [3.63, 3.8) is 0 Å². The Morgan fingerprint density at radius 1 is 1.13 bits per heavy atom. The van der Waals surface area contributed by atoms with Crippen LogP contribution >= 0.6 is 23.5 Å². The third-order valence-electron chi connectivity index (χ3n) is 5.39. The summed E-state index contributed by atoms with van der Waals surface area (Å²) in [4.78, 5) is 16.8. The topological polar surface area (TPSA) is 73.8 Å². The smallest absolute Gasteiger partial charge is 0.283 e. The van der Waals surface area contributed by atoms with E-state index >= 15 is 0 Å². The van der Waals surface area contributed by atoms with Gasteiger partial charge in [-0.05, 0) is 61.0 Å². The zero-order chi connectivity index (χ0) is 21.7. The second-order valence-electron chi connectivity index (χ2n) is 7.25. The second-order valence-corrected chi connectivity index (χ2v) is 9.26. The minimum Gasteiger partial charge on any atom is -0.317 e. The Hall–Kier alpha value is -3.10. The molecule has 2 aromatic carbocycles. The van der Waals surface area contributed by atoms with Crippen LogP contribution in [0.25, 0.3) is 22.5 Å². The zero-order valence-corrected chi connectivity index (χ0v) is 18.8. The van der Waals surface area contributed by atoms with Gasteiger partial charge in [0.05, 0.1) is 11.3 Å². The minimum atomic E-state index is -0.406. The molecule has 0 spiro atoms. The number of nitrogens with one attached hydrogen (secondary N) is 1. The molecule has 2 aliphatic rings. The van der Waals surface area contributed by atoms with Crippen molar-refractivity contribution in [2.45, 2.75) is 13.8 Å². The first kappa shape index (κ1) is 19.8. The number of carbonyl (C=O) groups is 1. The number of carbonyl (C=O) groups excluding carboxylic acids is 1. The zero-order valence-electron chi connectivity index (χ0n) is 17.2. The van der Waals surface area contributed by atoms with Crippen LogP contribution < -0.4 is 0 Å². The molecular weight excluding hydrogens is 426 g/mol. The number of benzene rings is 2. The lowest BCUT2D eigenvalue weighted by molar-refractivity contribution is -0.114. The Balaban J connectivity index is 1.61. The van der Waals surface area contributed by atoms with Gasteiger partial charge in [0, 0.05) is 16.8 Å². The number of hydrogen-bond acceptors (Lipinski definition) is 5. The normalized spacial score (nSPS) is 17.4. The van der Waals surface area contributed by atoms with E-state index in [0.29, 0.717) is 5.17 Å². The summed E-state index contributed by atoms with van der Waals surface area (Å²) in [6.07, 6.45) is 3.67. The standard InChI is InChI=1S/C23H19N5OS2/c1-13-11-16(12-18-20(24)28-22(25-21(18)29)31-23(26-28)30-3)14(2)27(13)19-10-6-8-15-7-4-5-9-17(15)19/h4-12,24H,1-3H3. The van der Waals surface area contributed by atoms with Gasteiger partial charge in [-0.1, -0.05) is 36.4 Å². The van der Waals surface area contributed by atoms with Crippen molar-refractivity contribution in [2.24, 2.45) is 10.1 Å². The molecule has 0 bridgehead atoms. The Bertz CT molecular complexity index is 1360. The average Bonchev–Trinajstić information content (AvgIpc) is 3.31. The van der Waals surface area contributed by atoms with Gasteiger partial charge in [0.1, 0.15) is 0 Å². The van der Waals surface area contributed by atoms with Gasteiger partial charge in [-0.2, -0.15) is 10.0 Å². The number of amidine groups is 2. The lowest BCUT2D eigenvalue weighted by atomic mass is 10.1. The van der Waals surface area contributed by atoms with Gasteiger partial charge in [0.25, 0.3) is 5.91 Å².